The third-order valence-electron chi connectivity index (χ3n) is 7.48. The molecule has 2 aliphatic carbocycles. The molecule has 4 aliphatic rings. The zero-order valence-electron chi connectivity index (χ0n) is 20.7. The van der Waals surface area contributed by atoms with Gasteiger partial charge in [0.25, 0.3) is 0 Å². The highest BCUT2D eigenvalue weighted by atomic mass is 19.1. The highest BCUT2D eigenvalue weighted by Crippen LogP contribution is 2.37. The molecule has 7 nitrogen and oxygen atoms in total. The number of fused-ring (bicyclic) bond motifs is 1. The smallest absolute Gasteiger partial charge is 0.230 e. The number of hydrogen-bond acceptors (Lipinski definition) is 7. The first-order valence-electron chi connectivity index (χ1n) is 12.6. The molecule has 2 aromatic rings. The summed E-state index contributed by atoms with van der Waals surface area (Å²) in [7, 11) is 2.07. The summed E-state index contributed by atoms with van der Waals surface area (Å²) in [5.74, 6) is 0.502. The van der Waals surface area contributed by atoms with E-state index in [1.165, 1.54) is 30.9 Å². The van der Waals surface area contributed by atoms with Gasteiger partial charge in [-0.2, -0.15) is 9.97 Å². The standard InChI is InChI=1S/C27H30F2N6O/c1-16-10-18-12-21(28)26(25(29)20(18)11-16)36-24-14-23(31-22-13-19(15-30-22)17-4-3-5-17)32-27(33-24)35-8-6-34(2)7-9-35/h11-14,17H,3-10,15H2,1-2H3,(H,30,31,32,33). The lowest BCUT2D eigenvalue weighted by molar-refractivity contribution is 0.310. The number of aliphatic imine (C=N–C) groups is 1. The predicted octanol–water partition coefficient (Wildman–Crippen LogP) is 4.81. The molecule has 2 aliphatic heterocycles. The van der Waals surface area contributed by atoms with Crippen LogP contribution >= 0.6 is 0 Å². The van der Waals surface area contributed by atoms with Gasteiger partial charge in [0.1, 0.15) is 11.7 Å². The maximum Gasteiger partial charge on any atom is 0.230 e. The van der Waals surface area contributed by atoms with Crippen LogP contribution in [0.25, 0.3) is 6.08 Å². The average molecular weight is 493 g/mol. The van der Waals surface area contributed by atoms with Gasteiger partial charge in [-0.3, -0.25) is 4.99 Å². The minimum absolute atomic E-state index is 0.0830. The predicted molar refractivity (Wildman–Crippen MR) is 137 cm³/mol. The summed E-state index contributed by atoms with van der Waals surface area (Å²) in [4.78, 5) is 18.2. The average Bonchev–Trinajstić information content (AvgIpc) is 3.41. The van der Waals surface area contributed by atoms with Crippen molar-refractivity contribution < 1.29 is 13.5 Å². The number of aromatic nitrogens is 2. The van der Waals surface area contributed by atoms with E-state index in [-0.39, 0.29) is 5.88 Å². The number of ether oxygens (including phenoxy) is 1. The third kappa shape index (κ3) is 4.48. The minimum Gasteiger partial charge on any atom is -0.433 e. The summed E-state index contributed by atoms with van der Waals surface area (Å²) < 4.78 is 36.0. The van der Waals surface area contributed by atoms with Gasteiger partial charge in [0.05, 0.1) is 6.54 Å². The van der Waals surface area contributed by atoms with E-state index in [9.17, 15) is 4.39 Å². The van der Waals surface area contributed by atoms with Crippen molar-refractivity contribution in [2.75, 3.05) is 50.0 Å². The van der Waals surface area contributed by atoms with Gasteiger partial charge in [0.15, 0.2) is 11.6 Å². The first-order chi connectivity index (χ1) is 17.4. The Balaban J connectivity index is 1.31. The number of hydrogen-bond donors (Lipinski definition) is 1. The summed E-state index contributed by atoms with van der Waals surface area (Å²) in [6.07, 6.45) is 8.09. The van der Waals surface area contributed by atoms with E-state index < -0.39 is 17.4 Å². The van der Waals surface area contributed by atoms with E-state index in [4.69, 9.17) is 9.72 Å². The molecule has 1 aromatic heterocycles. The van der Waals surface area contributed by atoms with Gasteiger partial charge >= 0.3 is 0 Å². The zero-order chi connectivity index (χ0) is 24.8. The van der Waals surface area contributed by atoms with Crippen molar-refractivity contribution in [2.45, 2.75) is 32.6 Å². The van der Waals surface area contributed by atoms with E-state index in [0.29, 0.717) is 41.8 Å². The molecule has 0 bridgehead atoms. The van der Waals surface area contributed by atoms with Gasteiger partial charge in [0.2, 0.25) is 17.6 Å². The van der Waals surface area contributed by atoms with Gasteiger partial charge in [-0.05, 0) is 62.4 Å². The number of anilines is 2. The van der Waals surface area contributed by atoms with Gasteiger partial charge in [0, 0.05) is 37.8 Å². The van der Waals surface area contributed by atoms with Crippen molar-refractivity contribution >= 4 is 23.7 Å². The fourth-order valence-electron chi connectivity index (χ4n) is 5.12. The SMILES string of the molecule is CC1=Cc2c(cc(F)c(Oc3cc(NC4=NCC(C5CCC5)=C4)nc(N4CCN(C)CC4)n3)c2F)C1. The van der Waals surface area contributed by atoms with Gasteiger partial charge in [-0.25, -0.2) is 8.78 Å². The Kier molecular flexibility index (Phi) is 5.95. The van der Waals surface area contributed by atoms with Gasteiger partial charge in [-0.15, -0.1) is 0 Å². The van der Waals surface area contributed by atoms with Crippen LogP contribution in [0.15, 0.2) is 34.3 Å². The number of allylic oxidation sites excluding steroid dienone is 1. The van der Waals surface area contributed by atoms with Crippen molar-refractivity contribution in [3.05, 3.63) is 52.1 Å². The Morgan fingerprint density at radius 1 is 1.06 bits per heavy atom. The van der Waals surface area contributed by atoms with Crippen molar-refractivity contribution in [1.29, 1.82) is 0 Å². The van der Waals surface area contributed by atoms with Crippen LogP contribution in [0.4, 0.5) is 20.5 Å². The summed E-state index contributed by atoms with van der Waals surface area (Å²) in [6.45, 7) is 5.84. The molecular weight excluding hydrogens is 462 g/mol. The highest BCUT2D eigenvalue weighted by molar-refractivity contribution is 6.05. The Bertz CT molecular complexity index is 1290. The van der Waals surface area contributed by atoms with E-state index in [1.54, 1.807) is 12.1 Å². The number of halogens is 2. The number of benzene rings is 1. The molecule has 0 radical (unpaired) electrons. The van der Waals surface area contributed by atoms with Gasteiger partial charge < -0.3 is 19.9 Å². The first-order valence-corrected chi connectivity index (χ1v) is 12.6. The molecule has 1 aromatic carbocycles. The second kappa shape index (κ2) is 9.28. The molecule has 2 fully saturated rings. The lowest BCUT2D eigenvalue weighted by Gasteiger charge is -2.32. The van der Waals surface area contributed by atoms with Crippen LogP contribution in [0.2, 0.25) is 0 Å². The Morgan fingerprint density at radius 3 is 2.61 bits per heavy atom. The number of rotatable bonds is 5. The highest BCUT2D eigenvalue weighted by Gasteiger charge is 2.26. The minimum atomic E-state index is -0.739. The van der Waals surface area contributed by atoms with Crippen LogP contribution in [-0.2, 0) is 6.42 Å². The summed E-state index contributed by atoms with van der Waals surface area (Å²) in [5.41, 5.74) is 3.34. The summed E-state index contributed by atoms with van der Waals surface area (Å²) in [5, 5.41) is 3.27. The van der Waals surface area contributed by atoms with Crippen LogP contribution in [0, 0.1) is 17.6 Å². The fraction of sp³-hybridized carbons (Fsp3) is 0.444. The molecule has 0 atom stereocenters. The molecule has 0 amide bonds. The second-order valence-electron chi connectivity index (χ2n) is 10.2. The molecule has 1 saturated carbocycles. The van der Waals surface area contributed by atoms with Crippen molar-refractivity contribution in [1.82, 2.24) is 14.9 Å². The Labute approximate surface area is 209 Å². The van der Waals surface area contributed by atoms with Crippen molar-refractivity contribution in [3.63, 3.8) is 0 Å². The maximum absolute atomic E-state index is 15.3. The van der Waals surface area contributed by atoms with E-state index in [0.717, 1.165) is 37.6 Å². The zero-order valence-corrected chi connectivity index (χ0v) is 20.7. The van der Waals surface area contributed by atoms with Crippen LogP contribution in [0.5, 0.6) is 11.6 Å². The third-order valence-corrected chi connectivity index (χ3v) is 7.48. The molecule has 1 N–H and O–H groups in total. The van der Waals surface area contributed by atoms with E-state index in [2.05, 4.69) is 38.2 Å². The quantitative estimate of drug-likeness (QED) is 0.646. The molecule has 1 saturated heterocycles. The second-order valence-corrected chi connectivity index (χ2v) is 10.2. The largest absolute Gasteiger partial charge is 0.433 e. The van der Waals surface area contributed by atoms with Crippen LogP contribution in [0.1, 0.15) is 37.3 Å². The lowest BCUT2D eigenvalue weighted by Crippen LogP contribution is -2.45. The number of likely N-dealkylation sites (N-methyl/N-ethyl adjacent to an activating group) is 1. The molecular formula is C27H30F2N6O. The lowest BCUT2D eigenvalue weighted by atomic mass is 9.80. The molecule has 0 unspecified atom stereocenters. The fourth-order valence-corrected chi connectivity index (χ4v) is 5.12. The number of nitrogens with one attached hydrogen (secondary N) is 1. The Hall–Kier alpha value is -3.33. The van der Waals surface area contributed by atoms with E-state index >= 15 is 4.39 Å². The molecule has 9 heteroatoms. The van der Waals surface area contributed by atoms with Crippen LogP contribution in [0.3, 0.4) is 0 Å². The Morgan fingerprint density at radius 2 is 1.86 bits per heavy atom. The van der Waals surface area contributed by atoms with Crippen LogP contribution < -0.4 is 15.0 Å². The topological polar surface area (TPSA) is 65.9 Å². The maximum atomic E-state index is 15.3. The van der Waals surface area contributed by atoms with Crippen LogP contribution in [-0.4, -0.2) is 60.5 Å². The molecule has 36 heavy (non-hydrogen) atoms. The van der Waals surface area contributed by atoms with Crippen molar-refractivity contribution in [2.24, 2.45) is 10.9 Å². The number of nitrogens with zero attached hydrogens (tertiary/aromatic N) is 5. The number of amidine groups is 1. The monoisotopic (exact) mass is 492 g/mol. The normalized spacial score (nSPS) is 20.0. The van der Waals surface area contributed by atoms with Gasteiger partial charge in [-0.1, -0.05) is 18.1 Å². The molecule has 0 spiro atoms. The summed E-state index contributed by atoms with van der Waals surface area (Å²) in [6, 6.07) is 2.92. The summed E-state index contributed by atoms with van der Waals surface area (Å²) >= 11 is 0. The molecule has 6 rings (SSSR count). The first kappa shape index (κ1) is 23.1. The van der Waals surface area contributed by atoms with Crippen molar-refractivity contribution in [3.8, 4) is 11.6 Å². The molecule has 188 valence electrons. The molecule has 3 heterocycles. The van der Waals surface area contributed by atoms with E-state index in [1.807, 2.05) is 6.92 Å². The number of piperazine rings is 1.